The average Bonchev–Trinajstić information content (AvgIpc) is 2.62. The Morgan fingerprint density at radius 2 is 1.81 bits per heavy atom. The number of carbonyl (C=O) groups excluding carboxylic acids is 1. The molecule has 0 aromatic heterocycles. The fraction of sp³-hybridized carbons (Fsp3) is 0.381. The number of ether oxygens (including phenoxy) is 2. The lowest BCUT2D eigenvalue weighted by Gasteiger charge is -2.41. The van der Waals surface area contributed by atoms with Crippen LogP contribution in [-0.2, 0) is 11.2 Å². The molecule has 1 aliphatic rings. The van der Waals surface area contributed by atoms with Crippen molar-refractivity contribution in [3.05, 3.63) is 60.2 Å². The minimum Gasteiger partial charge on any atom is -0.497 e. The molecule has 1 saturated heterocycles. The van der Waals surface area contributed by atoms with Crippen LogP contribution in [0.2, 0.25) is 0 Å². The molecule has 2 aromatic carbocycles. The number of nitrogens with zero attached hydrogens (tertiary/aromatic N) is 2. The number of methoxy groups -OCH3 is 1. The Balaban J connectivity index is 1.55. The second kappa shape index (κ2) is 8.23. The first-order chi connectivity index (χ1) is 12.6. The van der Waals surface area contributed by atoms with Crippen molar-refractivity contribution in [1.29, 1.82) is 0 Å². The fourth-order valence-electron chi connectivity index (χ4n) is 3.10. The Kier molecular flexibility index (Phi) is 5.78. The number of likely N-dealkylation sites (tertiary alicyclic amines) is 1. The molecule has 0 bridgehead atoms. The standard InChI is InChI=1S/C21H26N2O3/c1-22(2)20(12-16-8-5-4-6-9-16)21(24)23-14-19(15-23)26-18-11-7-10-17(13-18)25-3/h4-11,13,19-20H,12,14-15H2,1-3H3/t20-/m0/s1. The molecule has 0 aliphatic carbocycles. The van der Waals surface area contributed by atoms with Gasteiger partial charge in [0.15, 0.2) is 0 Å². The highest BCUT2D eigenvalue weighted by Gasteiger charge is 2.36. The zero-order valence-corrected chi connectivity index (χ0v) is 15.6. The Bertz CT molecular complexity index is 727. The zero-order valence-electron chi connectivity index (χ0n) is 15.6. The van der Waals surface area contributed by atoms with Gasteiger partial charge in [0, 0.05) is 6.07 Å². The molecule has 3 rings (SSSR count). The van der Waals surface area contributed by atoms with Gasteiger partial charge < -0.3 is 14.4 Å². The van der Waals surface area contributed by atoms with Gasteiger partial charge in [0.1, 0.15) is 17.6 Å². The van der Waals surface area contributed by atoms with Crippen molar-refractivity contribution < 1.29 is 14.3 Å². The third-order valence-electron chi connectivity index (χ3n) is 4.68. The molecular formula is C21H26N2O3. The molecule has 2 aromatic rings. The zero-order chi connectivity index (χ0) is 18.5. The van der Waals surface area contributed by atoms with Crippen LogP contribution >= 0.6 is 0 Å². The summed E-state index contributed by atoms with van der Waals surface area (Å²) in [5, 5.41) is 0. The molecule has 0 N–H and O–H groups in total. The predicted molar refractivity (Wildman–Crippen MR) is 102 cm³/mol. The van der Waals surface area contributed by atoms with Gasteiger partial charge in [-0.25, -0.2) is 0 Å². The van der Waals surface area contributed by atoms with E-state index in [1.54, 1.807) is 7.11 Å². The number of rotatable bonds is 7. The van der Waals surface area contributed by atoms with E-state index in [-0.39, 0.29) is 18.1 Å². The first-order valence-electron chi connectivity index (χ1n) is 8.86. The van der Waals surface area contributed by atoms with Crippen LogP contribution in [0.4, 0.5) is 0 Å². The van der Waals surface area contributed by atoms with Crippen molar-refractivity contribution in [1.82, 2.24) is 9.80 Å². The van der Waals surface area contributed by atoms with E-state index < -0.39 is 0 Å². The molecule has 1 fully saturated rings. The highest BCUT2D eigenvalue weighted by molar-refractivity contribution is 5.83. The van der Waals surface area contributed by atoms with Gasteiger partial charge in [-0.3, -0.25) is 9.69 Å². The molecule has 0 spiro atoms. The van der Waals surface area contributed by atoms with Crippen LogP contribution in [0.15, 0.2) is 54.6 Å². The van der Waals surface area contributed by atoms with Crippen molar-refractivity contribution in [2.75, 3.05) is 34.3 Å². The maximum absolute atomic E-state index is 12.9. The lowest BCUT2D eigenvalue weighted by molar-refractivity contribution is -0.145. The molecule has 0 radical (unpaired) electrons. The predicted octanol–water partition coefficient (Wildman–Crippen LogP) is 2.46. The molecule has 1 heterocycles. The minimum absolute atomic E-state index is 0.0330. The van der Waals surface area contributed by atoms with E-state index in [1.807, 2.05) is 66.4 Å². The summed E-state index contributed by atoms with van der Waals surface area (Å²) in [7, 11) is 5.54. The highest BCUT2D eigenvalue weighted by atomic mass is 16.5. The third-order valence-corrected chi connectivity index (χ3v) is 4.68. The summed E-state index contributed by atoms with van der Waals surface area (Å²) in [4.78, 5) is 16.7. The van der Waals surface area contributed by atoms with Crippen molar-refractivity contribution in [3.8, 4) is 11.5 Å². The highest BCUT2D eigenvalue weighted by Crippen LogP contribution is 2.23. The largest absolute Gasteiger partial charge is 0.497 e. The second-order valence-corrected chi connectivity index (χ2v) is 6.83. The molecule has 1 atom stereocenters. The number of likely N-dealkylation sites (N-methyl/N-ethyl adjacent to an activating group) is 1. The Labute approximate surface area is 155 Å². The van der Waals surface area contributed by atoms with Gasteiger partial charge in [-0.15, -0.1) is 0 Å². The second-order valence-electron chi connectivity index (χ2n) is 6.83. The Hall–Kier alpha value is -2.53. The number of amides is 1. The molecular weight excluding hydrogens is 328 g/mol. The average molecular weight is 354 g/mol. The molecule has 1 amide bonds. The van der Waals surface area contributed by atoms with E-state index in [4.69, 9.17) is 9.47 Å². The van der Waals surface area contributed by atoms with Gasteiger partial charge in [-0.1, -0.05) is 36.4 Å². The Morgan fingerprint density at radius 1 is 1.12 bits per heavy atom. The third kappa shape index (κ3) is 4.35. The molecule has 0 unspecified atom stereocenters. The maximum Gasteiger partial charge on any atom is 0.240 e. The minimum atomic E-state index is -0.157. The van der Waals surface area contributed by atoms with Crippen molar-refractivity contribution in [2.45, 2.75) is 18.6 Å². The van der Waals surface area contributed by atoms with Crippen LogP contribution in [0.25, 0.3) is 0 Å². The van der Waals surface area contributed by atoms with Gasteiger partial charge >= 0.3 is 0 Å². The lowest BCUT2D eigenvalue weighted by atomic mass is 10.0. The fourth-order valence-corrected chi connectivity index (χ4v) is 3.10. The topological polar surface area (TPSA) is 42.0 Å². The van der Waals surface area contributed by atoms with Gasteiger partial charge in [-0.05, 0) is 38.2 Å². The molecule has 1 aliphatic heterocycles. The van der Waals surface area contributed by atoms with Crippen molar-refractivity contribution >= 4 is 5.91 Å². The van der Waals surface area contributed by atoms with Crippen molar-refractivity contribution in [3.63, 3.8) is 0 Å². The van der Waals surface area contributed by atoms with Gasteiger partial charge in [0.2, 0.25) is 5.91 Å². The summed E-state index contributed by atoms with van der Waals surface area (Å²) >= 11 is 0. The van der Waals surface area contributed by atoms with E-state index in [9.17, 15) is 4.79 Å². The Morgan fingerprint density at radius 3 is 2.46 bits per heavy atom. The summed E-state index contributed by atoms with van der Waals surface area (Å²) in [6, 6.07) is 17.5. The first-order valence-corrected chi connectivity index (χ1v) is 8.86. The molecule has 26 heavy (non-hydrogen) atoms. The molecule has 138 valence electrons. The number of hydrogen-bond acceptors (Lipinski definition) is 4. The van der Waals surface area contributed by atoms with E-state index in [2.05, 4.69) is 12.1 Å². The number of benzene rings is 2. The normalized spacial score (nSPS) is 15.5. The summed E-state index contributed by atoms with van der Waals surface area (Å²) in [5.41, 5.74) is 1.17. The van der Waals surface area contributed by atoms with E-state index in [1.165, 1.54) is 5.56 Å². The quantitative estimate of drug-likeness (QED) is 0.766. The van der Waals surface area contributed by atoms with Crippen LogP contribution in [-0.4, -0.2) is 62.1 Å². The van der Waals surface area contributed by atoms with E-state index in [0.29, 0.717) is 19.5 Å². The SMILES string of the molecule is COc1cccc(OC2CN(C(=O)[C@H](Cc3ccccc3)N(C)C)C2)c1. The van der Waals surface area contributed by atoms with Gasteiger partial charge in [-0.2, -0.15) is 0 Å². The van der Waals surface area contributed by atoms with Crippen LogP contribution in [0, 0.1) is 0 Å². The van der Waals surface area contributed by atoms with E-state index >= 15 is 0 Å². The van der Waals surface area contributed by atoms with Crippen LogP contribution < -0.4 is 9.47 Å². The summed E-state index contributed by atoms with van der Waals surface area (Å²) in [6.07, 6.45) is 0.746. The van der Waals surface area contributed by atoms with Gasteiger partial charge in [0.25, 0.3) is 0 Å². The first kappa shape index (κ1) is 18.3. The van der Waals surface area contributed by atoms with Crippen LogP contribution in [0.3, 0.4) is 0 Å². The van der Waals surface area contributed by atoms with Gasteiger partial charge in [0.05, 0.1) is 26.2 Å². The molecule has 0 saturated carbocycles. The smallest absolute Gasteiger partial charge is 0.240 e. The van der Waals surface area contributed by atoms with E-state index in [0.717, 1.165) is 11.5 Å². The summed E-state index contributed by atoms with van der Waals surface area (Å²) in [5.74, 6) is 1.70. The summed E-state index contributed by atoms with van der Waals surface area (Å²) < 4.78 is 11.2. The lowest BCUT2D eigenvalue weighted by Crippen LogP contribution is -2.60. The van der Waals surface area contributed by atoms with Crippen LogP contribution in [0.1, 0.15) is 5.56 Å². The molecule has 5 heteroatoms. The van der Waals surface area contributed by atoms with Crippen molar-refractivity contribution in [2.24, 2.45) is 0 Å². The number of hydrogen-bond donors (Lipinski definition) is 0. The summed E-state index contributed by atoms with van der Waals surface area (Å²) in [6.45, 7) is 1.24. The molecule has 5 nitrogen and oxygen atoms in total. The van der Waals surface area contributed by atoms with Crippen LogP contribution in [0.5, 0.6) is 11.5 Å². The maximum atomic E-state index is 12.9. The monoisotopic (exact) mass is 354 g/mol. The number of carbonyl (C=O) groups is 1.